The molecule has 0 radical (unpaired) electrons. The zero-order chi connectivity index (χ0) is 25.0. The lowest BCUT2D eigenvalue weighted by Gasteiger charge is -2.07. The van der Waals surface area contributed by atoms with Crippen molar-refractivity contribution in [2.45, 2.75) is 194 Å². The third-order valence-electron chi connectivity index (χ3n) is 8.03. The molecule has 0 aromatic rings. The summed E-state index contributed by atoms with van der Waals surface area (Å²) in [5.41, 5.74) is 0. The molecule has 0 aliphatic rings. The summed E-state index contributed by atoms with van der Waals surface area (Å²) < 4.78 is 0. The Morgan fingerprint density at radius 2 is 0.647 bits per heavy atom. The average molecular weight is 476 g/mol. The van der Waals surface area contributed by atoms with Crippen LogP contribution in [-0.4, -0.2) is 0 Å². The number of hydrogen-bond donors (Lipinski definition) is 0. The Kier molecular flexibility index (Phi) is 28.3. The van der Waals surface area contributed by atoms with Gasteiger partial charge in [-0.2, -0.15) is 5.26 Å². The molecule has 0 heterocycles. The van der Waals surface area contributed by atoms with E-state index in [-0.39, 0.29) is 0 Å². The van der Waals surface area contributed by atoms with Crippen LogP contribution in [0.3, 0.4) is 0 Å². The maximum Gasteiger partial charge on any atom is 0.0624 e. The summed E-state index contributed by atoms with van der Waals surface area (Å²) in [6.45, 7) is 6.93. The molecular formula is C33H65N. The summed E-state index contributed by atoms with van der Waals surface area (Å²) in [5.74, 6) is 1.54. The highest BCUT2D eigenvalue weighted by atomic mass is 14.2. The Morgan fingerprint density at radius 1 is 0.412 bits per heavy atom. The van der Waals surface area contributed by atoms with Crippen molar-refractivity contribution in [1.29, 1.82) is 5.26 Å². The highest BCUT2D eigenvalue weighted by Gasteiger charge is 2.01. The summed E-state index contributed by atoms with van der Waals surface area (Å²) in [6, 6.07) is 2.29. The van der Waals surface area contributed by atoms with Crippen LogP contribution >= 0.6 is 0 Å². The predicted octanol–water partition coefficient (Wildman–Crippen LogP) is 12.3. The van der Waals surface area contributed by atoms with Gasteiger partial charge in [-0.25, -0.2) is 0 Å². The second-order valence-corrected chi connectivity index (χ2v) is 11.7. The second kappa shape index (κ2) is 28.7. The predicted molar refractivity (Wildman–Crippen MR) is 154 cm³/mol. The van der Waals surface area contributed by atoms with Gasteiger partial charge in [0.1, 0.15) is 0 Å². The lowest BCUT2D eigenvalue weighted by molar-refractivity contribution is 0.468. The standard InChI is InChI=1S/C33H65N/c1-4-32(2)28-26-24-22-20-18-16-14-12-10-8-6-5-7-9-11-13-15-17-19-21-23-25-27-29-33(3)30-31-34/h32-33H,4-30H2,1-3H3. The van der Waals surface area contributed by atoms with Crippen molar-refractivity contribution >= 4 is 0 Å². The van der Waals surface area contributed by atoms with E-state index in [4.69, 9.17) is 5.26 Å². The Bertz CT molecular complexity index is 409. The summed E-state index contributed by atoms with van der Waals surface area (Å²) in [7, 11) is 0. The molecule has 0 amide bonds. The number of nitrogens with zero attached hydrogens (tertiary/aromatic N) is 1. The molecule has 0 aromatic carbocycles. The van der Waals surface area contributed by atoms with Crippen LogP contribution in [0, 0.1) is 23.2 Å². The first-order valence-electron chi connectivity index (χ1n) is 16.1. The maximum atomic E-state index is 8.69. The molecule has 0 N–H and O–H groups in total. The van der Waals surface area contributed by atoms with E-state index in [1.54, 1.807) is 0 Å². The van der Waals surface area contributed by atoms with Crippen molar-refractivity contribution in [2.24, 2.45) is 11.8 Å². The Balaban J connectivity index is 3.06. The average Bonchev–Trinajstić information content (AvgIpc) is 2.84. The van der Waals surface area contributed by atoms with E-state index >= 15 is 0 Å². The fraction of sp³-hybridized carbons (Fsp3) is 0.970. The first-order chi connectivity index (χ1) is 16.7. The number of rotatable bonds is 28. The maximum absolute atomic E-state index is 8.69. The third-order valence-corrected chi connectivity index (χ3v) is 8.03. The van der Waals surface area contributed by atoms with Crippen LogP contribution < -0.4 is 0 Å². The lowest BCUT2D eigenvalue weighted by Crippen LogP contribution is -1.92. The Hall–Kier alpha value is -0.510. The SMILES string of the molecule is CCC(C)CCCCCCCCCCCCCCCCCCCCCCCCCC(C)CC#N. The van der Waals surface area contributed by atoms with Crippen LogP contribution in [0.15, 0.2) is 0 Å². The third kappa shape index (κ3) is 27.7. The van der Waals surface area contributed by atoms with Crippen molar-refractivity contribution in [2.75, 3.05) is 0 Å². The van der Waals surface area contributed by atoms with Gasteiger partial charge in [0.25, 0.3) is 0 Å². The minimum Gasteiger partial charge on any atom is -0.198 e. The van der Waals surface area contributed by atoms with Gasteiger partial charge in [-0.1, -0.05) is 181 Å². The molecule has 2 unspecified atom stereocenters. The zero-order valence-electron chi connectivity index (χ0n) is 24.2. The van der Waals surface area contributed by atoms with Crippen molar-refractivity contribution in [3.8, 4) is 6.07 Å². The molecule has 0 rings (SSSR count). The molecule has 0 fully saturated rings. The summed E-state index contributed by atoms with van der Waals surface area (Å²) in [4.78, 5) is 0. The molecule has 34 heavy (non-hydrogen) atoms. The van der Waals surface area contributed by atoms with Gasteiger partial charge >= 0.3 is 0 Å². The normalized spacial score (nSPS) is 13.1. The van der Waals surface area contributed by atoms with E-state index in [1.165, 1.54) is 167 Å². The van der Waals surface area contributed by atoms with Crippen LogP contribution in [0.25, 0.3) is 0 Å². The molecular weight excluding hydrogens is 410 g/mol. The van der Waals surface area contributed by atoms with Crippen LogP contribution in [0.1, 0.15) is 194 Å². The largest absolute Gasteiger partial charge is 0.198 e. The van der Waals surface area contributed by atoms with Crippen molar-refractivity contribution in [1.82, 2.24) is 0 Å². The summed E-state index contributed by atoms with van der Waals surface area (Å²) in [5, 5.41) is 8.69. The molecule has 1 nitrogen and oxygen atoms in total. The van der Waals surface area contributed by atoms with Gasteiger partial charge in [0, 0.05) is 6.42 Å². The van der Waals surface area contributed by atoms with Crippen molar-refractivity contribution < 1.29 is 0 Å². The summed E-state index contributed by atoms with van der Waals surface area (Å²) >= 11 is 0. The topological polar surface area (TPSA) is 23.8 Å². The molecule has 202 valence electrons. The van der Waals surface area contributed by atoms with Gasteiger partial charge in [0.15, 0.2) is 0 Å². The second-order valence-electron chi connectivity index (χ2n) is 11.7. The van der Waals surface area contributed by atoms with Gasteiger partial charge in [-0.3, -0.25) is 0 Å². The van der Waals surface area contributed by atoms with Crippen LogP contribution in [0.5, 0.6) is 0 Å². The Morgan fingerprint density at radius 3 is 0.882 bits per heavy atom. The summed E-state index contributed by atoms with van der Waals surface area (Å²) in [6.07, 6.45) is 38.2. The fourth-order valence-electron chi connectivity index (χ4n) is 5.16. The van der Waals surface area contributed by atoms with Crippen molar-refractivity contribution in [3.63, 3.8) is 0 Å². The monoisotopic (exact) mass is 476 g/mol. The molecule has 0 aliphatic heterocycles. The van der Waals surface area contributed by atoms with Crippen molar-refractivity contribution in [3.05, 3.63) is 0 Å². The molecule has 0 bridgehead atoms. The number of unbranched alkanes of at least 4 members (excludes halogenated alkanes) is 22. The smallest absolute Gasteiger partial charge is 0.0624 e. The fourth-order valence-corrected chi connectivity index (χ4v) is 5.16. The molecule has 0 spiro atoms. The number of nitriles is 1. The molecule has 0 saturated carbocycles. The van der Waals surface area contributed by atoms with Gasteiger partial charge in [-0.15, -0.1) is 0 Å². The van der Waals surface area contributed by atoms with E-state index < -0.39 is 0 Å². The number of hydrogen-bond acceptors (Lipinski definition) is 1. The van der Waals surface area contributed by atoms with E-state index in [1.807, 2.05) is 0 Å². The lowest BCUT2D eigenvalue weighted by atomic mass is 9.99. The molecule has 0 saturated heterocycles. The highest BCUT2D eigenvalue weighted by molar-refractivity contribution is 4.72. The molecule has 2 atom stereocenters. The van der Waals surface area contributed by atoms with E-state index in [2.05, 4.69) is 26.8 Å². The molecule has 1 heteroatoms. The van der Waals surface area contributed by atoms with E-state index in [9.17, 15) is 0 Å². The van der Waals surface area contributed by atoms with Gasteiger partial charge < -0.3 is 0 Å². The first-order valence-corrected chi connectivity index (χ1v) is 16.1. The van der Waals surface area contributed by atoms with Crippen LogP contribution in [-0.2, 0) is 0 Å². The minimum absolute atomic E-state index is 0.601. The van der Waals surface area contributed by atoms with Crippen LogP contribution in [0.2, 0.25) is 0 Å². The quantitative estimate of drug-likeness (QED) is 0.103. The molecule has 0 aliphatic carbocycles. The highest BCUT2D eigenvalue weighted by Crippen LogP contribution is 2.17. The van der Waals surface area contributed by atoms with Gasteiger partial charge in [0.05, 0.1) is 6.07 Å². The van der Waals surface area contributed by atoms with E-state index in [0.29, 0.717) is 5.92 Å². The minimum atomic E-state index is 0.601. The first kappa shape index (κ1) is 33.5. The van der Waals surface area contributed by atoms with Crippen LogP contribution in [0.4, 0.5) is 0 Å². The van der Waals surface area contributed by atoms with Gasteiger partial charge in [-0.05, 0) is 18.3 Å². The van der Waals surface area contributed by atoms with E-state index in [0.717, 1.165) is 12.3 Å². The zero-order valence-corrected chi connectivity index (χ0v) is 24.2. The van der Waals surface area contributed by atoms with Gasteiger partial charge in [0.2, 0.25) is 0 Å². The molecule has 0 aromatic heterocycles. The Labute approximate surface area is 217 Å².